The van der Waals surface area contributed by atoms with Crippen LogP contribution in [0.1, 0.15) is 26.2 Å². The number of likely N-dealkylation sites (N-methyl/N-ethyl adjacent to an activating group) is 1. The Bertz CT molecular complexity index is 369. The van der Waals surface area contributed by atoms with E-state index in [1.54, 1.807) is 0 Å². The number of hydrogen-bond donors (Lipinski definition) is 2. The van der Waals surface area contributed by atoms with Gasteiger partial charge in [0.25, 0.3) is 0 Å². The highest BCUT2D eigenvalue weighted by Gasteiger charge is 2.29. The number of nitrogens with zero attached hydrogens (tertiary/aromatic N) is 1. The predicted octanol–water partition coefficient (Wildman–Crippen LogP) is -0.137. The number of carbonyl (C=O) groups is 1. The number of aliphatic carboxylic acids is 1. The van der Waals surface area contributed by atoms with Gasteiger partial charge in [-0.05, 0) is 33.4 Å². The molecule has 1 aliphatic heterocycles. The number of hydrogen-bond acceptors (Lipinski definition) is 4. The molecule has 1 heterocycles. The first-order valence-corrected chi connectivity index (χ1v) is 7.30. The molecule has 1 saturated heterocycles. The minimum Gasteiger partial charge on any atom is -0.480 e. The van der Waals surface area contributed by atoms with Crippen LogP contribution in [-0.4, -0.2) is 55.8 Å². The molecule has 0 aromatic carbocycles. The average Bonchev–Trinajstić information content (AvgIpc) is 2.27. The van der Waals surface area contributed by atoms with Crippen molar-refractivity contribution in [2.24, 2.45) is 0 Å². The maximum atomic E-state index is 11.6. The van der Waals surface area contributed by atoms with Gasteiger partial charge in [0.15, 0.2) is 5.25 Å². The van der Waals surface area contributed by atoms with E-state index in [1.165, 1.54) is 6.92 Å². The zero-order valence-corrected chi connectivity index (χ0v) is 11.0. The van der Waals surface area contributed by atoms with E-state index in [0.29, 0.717) is 0 Å². The van der Waals surface area contributed by atoms with Crippen molar-refractivity contribution in [2.75, 3.05) is 20.1 Å². The van der Waals surface area contributed by atoms with Gasteiger partial charge in [0.05, 0.1) is 0 Å². The minimum atomic E-state index is -3.76. The number of sulfonamides is 1. The normalized spacial score (nSPS) is 24.5. The van der Waals surface area contributed by atoms with Gasteiger partial charge in [0, 0.05) is 12.6 Å². The first-order chi connectivity index (χ1) is 7.84. The molecule has 2 atom stereocenters. The van der Waals surface area contributed by atoms with Crippen molar-refractivity contribution in [3.05, 3.63) is 0 Å². The molecule has 0 amide bonds. The second-order valence-electron chi connectivity index (χ2n) is 4.50. The van der Waals surface area contributed by atoms with E-state index in [0.717, 1.165) is 25.8 Å². The Morgan fingerprint density at radius 3 is 2.71 bits per heavy atom. The summed E-state index contributed by atoms with van der Waals surface area (Å²) in [4.78, 5) is 12.7. The van der Waals surface area contributed by atoms with Gasteiger partial charge in [-0.1, -0.05) is 6.42 Å². The fourth-order valence-electron chi connectivity index (χ4n) is 1.87. The molecule has 6 nitrogen and oxygen atoms in total. The fourth-order valence-corrected chi connectivity index (χ4v) is 2.81. The summed E-state index contributed by atoms with van der Waals surface area (Å²) >= 11 is 0. The molecule has 0 aromatic rings. The SMILES string of the molecule is CC(C(=O)O)S(=O)(=O)NCC1CCCCN1C. The Kier molecular flexibility index (Phi) is 4.91. The Hall–Kier alpha value is -0.660. The number of likely N-dealkylation sites (tertiary alicyclic amines) is 1. The third-order valence-electron chi connectivity index (χ3n) is 3.25. The van der Waals surface area contributed by atoms with Gasteiger partial charge in [-0.3, -0.25) is 4.79 Å². The van der Waals surface area contributed by atoms with Gasteiger partial charge in [-0.2, -0.15) is 0 Å². The monoisotopic (exact) mass is 264 g/mol. The summed E-state index contributed by atoms with van der Waals surface area (Å²) < 4.78 is 25.6. The van der Waals surface area contributed by atoms with Gasteiger partial charge in [0.1, 0.15) is 0 Å². The average molecular weight is 264 g/mol. The van der Waals surface area contributed by atoms with E-state index in [2.05, 4.69) is 9.62 Å². The summed E-state index contributed by atoms with van der Waals surface area (Å²) in [5.41, 5.74) is 0. The summed E-state index contributed by atoms with van der Waals surface area (Å²) in [5.74, 6) is -1.32. The number of carboxylic acid groups (broad SMARTS) is 1. The molecule has 2 unspecified atom stereocenters. The molecular weight excluding hydrogens is 244 g/mol. The van der Waals surface area contributed by atoms with Gasteiger partial charge in [-0.15, -0.1) is 0 Å². The van der Waals surface area contributed by atoms with Gasteiger partial charge in [-0.25, -0.2) is 13.1 Å². The zero-order chi connectivity index (χ0) is 13.1. The minimum absolute atomic E-state index is 0.166. The summed E-state index contributed by atoms with van der Waals surface area (Å²) in [6.07, 6.45) is 3.16. The molecule has 0 aliphatic carbocycles. The maximum absolute atomic E-state index is 11.6. The van der Waals surface area contributed by atoms with Crippen molar-refractivity contribution in [2.45, 2.75) is 37.5 Å². The van der Waals surface area contributed by atoms with Crippen LogP contribution in [0.3, 0.4) is 0 Å². The molecule has 17 heavy (non-hydrogen) atoms. The zero-order valence-electron chi connectivity index (χ0n) is 10.2. The summed E-state index contributed by atoms with van der Waals surface area (Å²) in [5, 5.41) is 7.27. The van der Waals surface area contributed by atoms with Crippen LogP contribution in [0.25, 0.3) is 0 Å². The largest absolute Gasteiger partial charge is 0.480 e. The molecule has 100 valence electrons. The van der Waals surface area contributed by atoms with Crippen LogP contribution < -0.4 is 4.72 Å². The van der Waals surface area contributed by atoms with Crippen molar-refractivity contribution in [1.82, 2.24) is 9.62 Å². The highest BCUT2D eigenvalue weighted by molar-refractivity contribution is 7.90. The fraction of sp³-hybridized carbons (Fsp3) is 0.900. The summed E-state index contributed by atoms with van der Waals surface area (Å²) in [6, 6.07) is 0.166. The molecule has 0 radical (unpaired) electrons. The van der Waals surface area contributed by atoms with Gasteiger partial charge in [0.2, 0.25) is 10.0 Å². The van der Waals surface area contributed by atoms with Crippen molar-refractivity contribution in [3.8, 4) is 0 Å². The van der Waals surface area contributed by atoms with Crippen molar-refractivity contribution < 1.29 is 18.3 Å². The lowest BCUT2D eigenvalue weighted by Crippen LogP contribution is -2.47. The molecule has 1 aliphatic rings. The summed E-state index contributed by atoms with van der Waals surface area (Å²) in [7, 11) is -1.80. The van der Waals surface area contributed by atoms with E-state index >= 15 is 0 Å². The van der Waals surface area contributed by atoms with Crippen LogP contribution in [-0.2, 0) is 14.8 Å². The van der Waals surface area contributed by atoms with Crippen molar-refractivity contribution in [1.29, 1.82) is 0 Å². The highest BCUT2D eigenvalue weighted by atomic mass is 32.2. The Balaban J connectivity index is 2.52. The van der Waals surface area contributed by atoms with Crippen molar-refractivity contribution >= 4 is 16.0 Å². The quantitative estimate of drug-likeness (QED) is 0.722. The van der Waals surface area contributed by atoms with Crippen LogP contribution in [0.2, 0.25) is 0 Å². The lowest BCUT2D eigenvalue weighted by molar-refractivity contribution is -0.136. The molecule has 1 rings (SSSR count). The highest BCUT2D eigenvalue weighted by Crippen LogP contribution is 2.14. The number of nitrogens with one attached hydrogen (secondary N) is 1. The molecular formula is C10H20N2O4S. The van der Waals surface area contributed by atoms with Crippen molar-refractivity contribution in [3.63, 3.8) is 0 Å². The molecule has 0 bridgehead atoms. The summed E-state index contributed by atoms with van der Waals surface area (Å²) in [6.45, 7) is 2.42. The maximum Gasteiger partial charge on any atom is 0.323 e. The van der Waals surface area contributed by atoms with Crippen LogP contribution in [0.4, 0.5) is 0 Å². The number of rotatable bonds is 5. The van der Waals surface area contributed by atoms with Crippen LogP contribution in [0.15, 0.2) is 0 Å². The van der Waals surface area contributed by atoms with Gasteiger partial charge >= 0.3 is 5.97 Å². The number of piperidine rings is 1. The van der Waals surface area contributed by atoms with E-state index in [9.17, 15) is 13.2 Å². The lowest BCUT2D eigenvalue weighted by atomic mass is 10.0. The lowest BCUT2D eigenvalue weighted by Gasteiger charge is -2.32. The molecule has 2 N–H and O–H groups in total. The molecule has 0 aromatic heterocycles. The molecule has 7 heteroatoms. The second kappa shape index (κ2) is 5.79. The topological polar surface area (TPSA) is 86.7 Å². The van der Waals surface area contributed by atoms with E-state index in [-0.39, 0.29) is 12.6 Å². The Morgan fingerprint density at radius 2 is 2.18 bits per heavy atom. The van der Waals surface area contributed by atoms with Crippen LogP contribution in [0, 0.1) is 0 Å². The number of carboxylic acids is 1. The smallest absolute Gasteiger partial charge is 0.323 e. The first-order valence-electron chi connectivity index (χ1n) is 5.76. The first kappa shape index (κ1) is 14.4. The van der Waals surface area contributed by atoms with E-state index in [4.69, 9.17) is 5.11 Å². The molecule has 0 saturated carbocycles. The Morgan fingerprint density at radius 1 is 1.53 bits per heavy atom. The molecule has 1 fully saturated rings. The van der Waals surface area contributed by atoms with Gasteiger partial charge < -0.3 is 10.0 Å². The van der Waals surface area contributed by atoms with E-state index < -0.39 is 21.2 Å². The second-order valence-corrected chi connectivity index (χ2v) is 6.59. The van der Waals surface area contributed by atoms with Crippen LogP contribution >= 0.6 is 0 Å². The van der Waals surface area contributed by atoms with Crippen LogP contribution in [0.5, 0.6) is 0 Å². The van der Waals surface area contributed by atoms with E-state index in [1.807, 2.05) is 7.05 Å². The standard InChI is InChI=1S/C10H20N2O4S/c1-8(10(13)14)17(15,16)11-7-9-5-3-4-6-12(9)2/h8-9,11H,3-7H2,1-2H3,(H,13,14). The predicted molar refractivity (Wildman–Crippen MR) is 64.3 cm³/mol. The third kappa shape index (κ3) is 3.93. The third-order valence-corrected chi connectivity index (χ3v) is 4.96. The molecule has 0 spiro atoms. The Labute approximate surface area is 102 Å².